The molecule has 59 valence electrons. The second-order valence-electron chi connectivity index (χ2n) is 1.24. The Labute approximate surface area is 61.0 Å². The highest BCUT2D eigenvalue weighted by molar-refractivity contribution is 5.04. The van der Waals surface area contributed by atoms with Crippen LogP contribution in [0, 0.1) is 7.18 Å². The number of halogens is 1. The van der Waals surface area contributed by atoms with Crippen molar-refractivity contribution in [1.29, 1.82) is 0 Å². The molecule has 0 unspecified atom stereocenters. The average Bonchev–Trinajstić information content (AvgIpc) is 1.88. The van der Waals surface area contributed by atoms with E-state index in [0.717, 1.165) is 0 Å². The van der Waals surface area contributed by atoms with E-state index in [2.05, 4.69) is 22.1 Å². The van der Waals surface area contributed by atoms with Crippen LogP contribution < -0.4 is 0 Å². The van der Waals surface area contributed by atoms with Gasteiger partial charge in [-0.2, -0.15) is 0 Å². The number of nitrogens with zero attached hydrogens (tertiary/aromatic N) is 3. The molecule has 0 aliphatic carbocycles. The van der Waals surface area contributed by atoms with Crippen LogP contribution in [0.5, 0.6) is 18.0 Å². The molecule has 0 amide bonds. The van der Waals surface area contributed by atoms with Gasteiger partial charge in [-0.05, 0) is 0 Å². The first kappa shape index (κ1) is 9.34. The van der Waals surface area contributed by atoms with E-state index in [4.69, 9.17) is 19.7 Å². The smallest absolute Gasteiger partial charge is 0.323 e. The molecule has 1 rings (SSSR count). The van der Waals surface area contributed by atoms with E-state index in [-0.39, 0.29) is 0 Å². The number of hydrogen-bond acceptors (Lipinski definition) is 6. The zero-order chi connectivity index (χ0) is 8.85. The zero-order valence-corrected chi connectivity index (χ0v) is 5.06. The Bertz CT molecular complexity index is 181. The summed E-state index contributed by atoms with van der Waals surface area (Å²) in [5.41, 5.74) is 0. The van der Waals surface area contributed by atoms with Gasteiger partial charge < -0.3 is 15.3 Å². The van der Waals surface area contributed by atoms with E-state index in [1.54, 1.807) is 0 Å². The van der Waals surface area contributed by atoms with Crippen molar-refractivity contribution in [2.24, 2.45) is 0 Å². The van der Waals surface area contributed by atoms with Crippen LogP contribution in [0.4, 0.5) is 4.39 Å². The van der Waals surface area contributed by atoms with Crippen LogP contribution in [-0.2, 0) is 0 Å². The summed E-state index contributed by atoms with van der Waals surface area (Å²) in [6, 6.07) is -2.12. The first-order valence-corrected chi connectivity index (χ1v) is 2.20. The highest BCUT2D eigenvalue weighted by atomic mass is 19.1. The van der Waals surface area contributed by atoms with E-state index in [9.17, 15) is 0 Å². The molecule has 0 saturated carbocycles. The Balaban J connectivity index is 0.000000461. The molecule has 0 aromatic carbocycles. The second kappa shape index (κ2) is 4.20. The number of hydrogen-bond donors (Lipinski definition) is 3. The highest BCUT2D eigenvalue weighted by Crippen LogP contribution is 2.08. The molecule has 1 heterocycles. The van der Waals surface area contributed by atoms with Crippen LogP contribution in [0.3, 0.4) is 0 Å². The van der Waals surface area contributed by atoms with Crippen molar-refractivity contribution >= 4 is 0 Å². The van der Waals surface area contributed by atoms with E-state index in [0.29, 0.717) is 0 Å². The number of aromatic nitrogens is 3. The molecule has 1 aromatic rings. The van der Waals surface area contributed by atoms with Crippen LogP contribution >= 0.6 is 0 Å². The van der Waals surface area contributed by atoms with Crippen LogP contribution in [-0.4, -0.2) is 30.3 Å². The van der Waals surface area contributed by atoms with Crippen LogP contribution in [0.2, 0.25) is 0 Å². The SMILES string of the molecule is Oc1nc(O)nc(O)n1.[C]F. The van der Waals surface area contributed by atoms with E-state index in [1.165, 1.54) is 0 Å². The molecule has 0 aliphatic rings. The minimum absolute atomic E-state index is 0.708. The lowest BCUT2D eigenvalue weighted by molar-refractivity contribution is 0.344. The van der Waals surface area contributed by atoms with Crippen molar-refractivity contribution in [3.05, 3.63) is 7.18 Å². The summed E-state index contributed by atoms with van der Waals surface area (Å²) in [7, 11) is 4.25. The summed E-state index contributed by atoms with van der Waals surface area (Å²) >= 11 is 0. The predicted molar refractivity (Wildman–Crippen MR) is 29.2 cm³/mol. The van der Waals surface area contributed by atoms with E-state index in [1.807, 2.05) is 0 Å². The van der Waals surface area contributed by atoms with Crippen molar-refractivity contribution in [2.75, 3.05) is 0 Å². The molecule has 1 aromatic heterocycles. The lowest BCUT2D eigenvalue weighted by atomic mass is 10.9. The minimum atomic E-state index is -0.708. The summed E-state index contributed by atoms with van der Waals surface area (Å²) in [6.07, 6.45) is 0. The molecular formula is C4H3FN3O3. The van der Waals surface area contributed by atoms with Gasteiger partial charge in [0, 0.05) is 0 Å². The largest absolute Gasteiger partial charge is 0.479 e. The normalized spacial score (nSPS) is 8.18. The predicted octanol–water partition coefficient (Wildman–Crippen LogP) is -0.510. The molecule has 0 spiro atoms. The quantitative estimate of drug-likeness (QED) is 0.472. The molecule has 11 heavy (non-hydrogen) atoms. The monoisotopic (exact) mass is 160 g/mol. The lowest BCUT2D eigenvalue weighted by Gasteiger charge is -1.90. The Morgan fingerprint density at radius 2 is 1.00 bits per heavy atom. The summed E-state index contributed by atoms with van der Waals surface area (Å²) < 4.78 is 8.75. The fourth-order valence-corrected chi connectivity index (χ4v) is 0.343. The highest BCUT2D eigenvalue weighted by Gasteiger charge is 1.99. The number of rotatable bonds is 0. The Morgan fingerprint density at radius 3 is 1.18 bits per heavy atom. The van der Waals surface area contributed by atoms with E-state index >= 15 is 0 Å². The van der Waals surface area contributed by atoms with Gasteiger partial charge in [-0.3, -0.25) is 0 Å². The van der Waals surface area contributed by atoms with Crippen LogP contribution in [0.15, 0.2) is 0 Å². The molecule has 7 heteroatoms. The summed E-state index contributed by atoms with van der Waals surface area (Å²) in [5, 5.41) is 25.2. The van der Waals surface area contributed by atoms with Crippen molar-refractivity contribution in [2.45, 2.75) is 0 Å². The summed E-state index contributed by atoms with van der Waals surface area (Å²) in [6.45, 7) is 0. The third-order valence-corrected chi connectivity index (χ3v) is 0.600. The lowest BCUT2D eigenvalue weighted by Crippen LogP contribution is -1.85. The molecule has 6 nitrogen and oxygen atoms in total. The van der Waals surface area contributed by atoms with Crippen LogP contribution in [0.25, 0.3) is 0 Å². The van der Waals surface area contributed by atoms with Gasteiger partial charge in [0.05, 0.1) is 0 Å². The molecular weight excluding hydrogens is 157 g/mol. The van der Waals surface area contributed by atoms with Crippen molar-refractivity contribution in [3.63, 3.8) is 0 Å². The molecule has 0 saturated heterocycles. The fourth-order valence-electron chi connectivity index (χ4n) is 0.343. The second-order valence-corrected chi connectivity index (χ2v) is 1.24. The average molecular weight is 160 g/mol. The molecule has 0 atom stereocenters. The molecule has 3 radical (unpaired) electrons. The Morgan fingerprint density at radius 1 is 0.818 bits per heavy atom. The Hall–Kier alpha value is -1.66. The minimum Gasteiger partial charge on any atom is -0.479 e. The zero-order valence-electron chi connectivity index (χ0n) is 5.06. The van der Waals surface area contributed by atoms with Gasteiger partial charge in [0.25, 0.3) is 0 Å². The van der Waals surface area contributed by atoms with Gasteiger partial charge in [0.1, 0.15) is 0 Å². The standard InChI is InChI=1S/C3H3N3O3.CF/c7-1-4-2(8)6-3(9)5-1;1-2/h(H3,4,5,6,7,8,9);. The first-order chi connectivity index (χ1) is 5.18. The van der Waals surface area contributed by atoms with Crippen molar-refractivity contribution in [1.82, 2.24) is 15.0 Å². The fraction of sp³-hybridized carbons (Fsp3) is 0. The van der Waals surface area contributed by atoms with Crippen molar-refractivity contribution in [3.8, 4) is 18.0 Å². The number of aromatic hydroxyl groups is 3. The van der Waals surface area contributed by atoms with E-state index < -0.39 is 18.0 Å². The maximum atomic E-state index is 8.75. The van der Waals surface area contributed by atoms with Gasteiger partial charge >= 0.3 is 18.0 Å². The Kier molecular flexibility index (Phi) is 3.57. The molecule has 0 bridgehead atoms. The third kappa shape index (κ3) is 3.14. The topological polar surface area (TPSA) is 99.4 Å². The van der Waals surface area contributed by atoms with Gasteiger partial charge in [-0.1, -0.05) is 0 Å². The van der Waals surface area contributed by atoms with Crippen molar-refractivity contribution < 1.29 is 19.7 Å². The van der Waals surface area contributed by atoms with Gasteiger partial charge in [0.2, 0.25) is 7.18 Å². The maximum absolute atomic E-state index is 8.75. The summed E-state index contributed by atoms with van der Waals surface area (Å²) in [5.74, 6) is 0. The molecule has 0 fully saturated rings. The molecule has 0 aliphatic heterocycles. The third-order valence-electron chi connectivity index (χ3n) is 0.600. The van der Waals surface area contributed by atoms with Gasteiger partial charge in [0.15, 0.2) is 0 Å². The molecule has 3 N–H and O–H groups in total. The summed E-state index contributed by atoms with van der Waals surface area (Å²) in [4.78, 5) is 8.89. The van der Waals surface area contributed by atoms with Gasteiger partial charge in [-0.15, -0.1) is 15.0 Å². The van der Waals surface area contributed by atoms with Crippen LogP contribution in [0.1, 0.15) is 0 Å². The van der Waals surface area contributed by atoms with Gasteiger partial charge in [-0.25, -0.2) is 4.39 Å². The maximum Gasteiger partial charge on any atom is 0.323 e. The first-order valence-electron chi connectivity index (χ1n) is 2.20.